The van der Waals surface area contributed by atoms with Crippen molar-refractivity contribution in [2.45, 2.75) is 46.0 Å². The van der Waals surface area contributed by atoms with E-state index in [1.807, 2.05) is 30.9 Å². The molecule has 0 spiro atoms. The molecule has 2 N–H and O–H groups in total. The third-order valence-corrected chi connectivity index (χ3v) is 8.30. The molecule has 3 aromatic heterocycles. The van der Waals surface area contributed by atoms with Crippen molar-refractivity contribution in [3.05, 3.63) is 70.9 Å². The number of piperazine rings is 1. The number of aromatic nitrogens is 4. The van der Waals surface area contributed by atoms with E-state index in [1.54, 1.807) is 17.2 Å². The van der Waals surface area contributed by atoms with Gasteiger partial charge < -0.3 is 24.8 Å². The highest BCUT2D eigenvalue weighted by Gasteiger charge is 2.35. The average molecular weight is 609 g/mol. The molecular weight excluding hydrogens is 573 g/mol. The van der Waals surface area contributed by atoms with Gasteiger partial charge >= 0.3 is 12.2 Å². The zero-order valence-electron chi connectivity index (χ0n) is 24.9. The first-order valence-electron chi connectivity index (χ1n) is 14.7. The van der Waals surface area contributed by atoms with E-state index in [-0.39, 0.29) is 30.3 Å². The van der Waals surface area contributed by atoms with E-state index in [9.17, 15) is 18.0 Å². The van der Waals surface area contributed by atoms with E-state index in [0.717, 1.165) is 61.1 Å². The Morgan fingerprint density at radius 1 is 1.09 bits per heavy atom. The fraction of sp³-hybridized carbons (Fsp3) is 0.419. The highest BCUT2D eigenvalue weighted by Crippen LogP contribution is 2.36. The molecule has 44 heavy (non-hydrogen) atoms. The number of H-pyrrole nitrogens is 1. The monoisotopic (exact) mass is 608 g/mol. The number of urea groups is 1. The lowest BCUT2D eigenvalue weighted by molar-refractivity contribution is -0.138. The van der Waals surface area contributed by atoms with E-state index in [4.69, 9.17) is 4.74 Å². The van der Waals surface area contributed by atoms with Crippen molar-refractivity contribution in [1.29, 1.82) is 0 Å². The van der Waals surface area contributed by atoms with E-state index in [2.05, 4.69) is 37.1 Å². The van der Waals surface area contributed by atoms with Gasteiger partial charge in [0, 0.05) is 63.1 Å². The molecule has 0 bridgehead atoms. The van der Waals surface area contributed by atoms with Gasteiger partial charge in [0.05, 0.1) is 22.8 Å². The number of rotatable bonds is 6. The standard InChI is InChI=1S/C31H35F3N8O2/c1-4-40-7-9-41(10-8-40)16-21-5-6-23(13-26(21)31(32,33)34)39-30(43)42-15-19(2)27-22(17-42)12-24(14-35-27)44-29-25-11-20(3)38-28(25)36-18-37-29/h5-6,11-14,18-19H,4,7-10,15-17H2,1-3H3,(H,39,43)(H,36,37,38)/t19-/m1/s1. The molecule has 13 heteroatoms. The summed E-state index contributed by atoms with van der Waals surface area (Å²) < 4.78 is 48.4. The SMILES string of the molecule is CCN1CCN(Cc2ccc(NC(=O)N3Cc4cc(Oc5ncnc6[nH]c(C)cc56)cnc4[C@H](C)C3)cc2C(F)(F)F)CC1. The van der Waals surface area contributed by atoms with Crippen molar-refractivity contribution in [2.24, 2.45) is 0 Å². The summed E-state index contributed by atoms with van der Waals surface area (Å²) in [5, 5.41) is 3.43. The number of alkyl halides is 3. The third kappa shape index (κ3) is 6.34. The molecule has 232 valence electrons. The molecule has 0 unspecified atom stereocenters. The summed E-state index contributed by atoms with van der Waals surface area (Å²) in [6, 6.07) is 7.30. The summed E-state index contributed by atoms with van der Waals surface area (Å²) in [6.07, 6.45) is -1.50. The van der Waals surface area contributed by atoms with Crippen molar-refractivity contribution in [1.82, 2.24) is 34.6 Å². The second-order valence-corrected chi connectivity index (χ2v) is 11.5. The first-order chi connectivity index (χ1) is 21.1. The number of fused-ring (bicyclic) bond motifs is 2. The van der Waals surface area contributed by atoms with E-state index in [1.165, 1.54) is 12.4 Å². The van der Waals surface area contributed by atoms with Crippen molar-refractivity contribution in [2.75, 3.05) is 44.6 Å². The van der Waals surface area contributed by atoms with Gasteiger partial charge in [-0.1, -0.05) is 19.9 Å². The number of anilines is 1. The minimum atomic E-state index is -4.55. The van der Waals surface area contributed by atoms with Gasteiger partial charge in [-0.05, 0) is 48.9 Å². The molecule has 1 atom stereocenters. The fourth-order valence-corrected chi connectivity index (χ4v) is 5.97. The van der Waals surface area contributed by atoms with Crippen LogP contribution in [-0.2, 0) is 19.3 Å². The molecule has 2 aliphatic rings. The zero-order valence-corrected chi connectivity index (χ0v) is 24.9. The Morgan fingerprint density at radius 3 is 2.61 bits per heavy atom. The van der Waals surface area contributed by atoms with Crippen LogP contribution in [0.15, 0.2) is 42.9 Å². The van der Waals surface area contributed by atoms with Gasteiger partial charge in [0.25, 0.3) is 0 Å². The molecule has 4 aromatic rings. The number of ether oxygens (including phenoxy) is 1. The van der Waals surface area contributed by atoms with E-state index >= 15 is 0 Å². The Kier molecular flexibility index (Phi) is 8.16. The van der Waals surface area contributed by atoms with Crippen LogP contribution in [-0.4, -0.2) is 79.9 Å². The normalized spacial score (nSPS) is 18.0. The minimum Gasteiger partial charge on any atom is -0.437 e. The van der Waals surface area contributed by atoms with Gasteiger partial charge in [-0.2, -0.15) is 13.2 Å². The molecule has 1 aromatic carbocycles. The predicted molar refractivity (Wildman–Crippen MR) is 160 cm³/mol. The minimum absolute atomic E-state index is 0.0853. The van der Waals surface area contributed by atoms with Crippen LogP contribution in [0.4, 0.5) is 23.7 Å². The zero-order chi connectivity index (χ0) is 31.0. The number of benzene rings is 1. The molecule has 0 saturated carbocycles. The quantitative estimate of drug-likeness (QED) is 0.287. The number of nitrogens with one attached hydrogen (secondary N) is 2. The van der Waals surface area contributed by atoms with Crippen molar-refractivity contribution in [3.63, 3.8) is 0 Å². The van der Waals surface area contributed by atoms with Gasteiger partial charge in [0.1, 0.15) is 17.7 Å². The number of hydrogen-bond donors (Lipinski definition) is 2. The topological polar surface area (TPSA) is 103 Å². The lowest BCUT2D eigenvalue weighted by Gasteiger charge is -2.34. The van der Waals surface area contributed by atoms with Crippen LogP contribution in [0.25, 0.3) is 11.0 Å². The second kappa shape index (κ2) is 12.0. The highest BCUT2D eigenvalue weighted by molar-refractivity contribution is 5.89. The molecule has 10 nitrogen and oxygen atoms in total. The Bertz CT molecular complexity index is 1670. The summed E-state index contributed by atoms with van der Waals surface area (Å²) >= 11 is 0. The van der Waals surface area contributed by atoms with Crippen LogP contribution < -0.4 is 10.1 Å². The number of pyridine rings is 1. The van der Waals surface area contributed by atoms with Gasteiger partial charge in [-0.3, -0.25) is 9.88 Å². The number of carbonyl (C=O) groups is 1. The Hall–Kier alpha value is -4.23. The Labute approximate surface area is 253 Å². The van der Waals surface area contributed by atoms with Crippen LogP contribution in [0.2, 0.25) is 0 Å². The van der Waals surface area contributed by atoms with Gasteiger partial charge in [-0.25, -0.2) is 14.8 Å². The molecule has 2 aliphatic heterocycles. The van der Waals surface area contributed by atoms with Gasteiger partial charge in [0.15, 0.2) is 0 Å². The maximum Gasteiger partial charge on any atom is 0.416 e. The molecular formula is C31H35F3N8O2. The van der Waals surface area contributed by atoms with Gasteiger partial charge in [-0.15, -0.1) is 0 Å². The average Bonchev–Trinajstić information content (AvgIpc) is 3.39. The van der Waals surface area contributed by atoms with Crippen LogP contribution >= 0.6 is 0 Å². The van der Waals surface area contributed by atoms with Crippen molar-refractivity contribution in [3.8, 4) is 11.6 Å². The summed E-state index contributed by atoms with van der Waals surface area (Å²) in [6.45, 7) is 10.8. The first-order valence-corrected chi connectivity index (χ1v) is 14.7. The number of amides is 2. The Morgan fingerprint density at radius 2 is 1.86 bits per heavy atom. The number of hydrogen-bond acceptors (Lipinski definition) is 7. The number of aromatic amines is 1. The summed E-state index contributed by atoms with van der Waals surface area (Å²) in [5.41, 5.74) is 2.79. The molecule has 1 saturated heterocycles. The smallest absolute Gasteiger partial charge is 0.416 e. The number of halogens is 3. The lowest BCUT2D eigenvalue weighted by Crippen LogP contribution is -2.45. The number of aryl methyl sites for hydroxylation is 1. The molecule has 5 heterocycles. The van der Waals surface area contributed by atoms with Gasteiger partial charge in [0.2, 0.25) is 5.88 Å². The van der Waals surface area contributed by atoms with Crippen LogP contribution in [0.3, 0.4) is 0 Å². The number of nitrogens with zero attached hydrogens (tertiary/aromatic N) is 6. The predicted octanol–water partition coefficient (Wildman–Crippen LogP) is 5.76. The third-order valence-electron chi connectivity index (χ3n) is 8.30. The maximum atomic E-state index is 14.1. The van der Waals surface area contributed by atoms with E-state index in [0.29, 0.717) is 23.8 Å². The molecule has 2 amide bonds. The number of carbonyl (C=O) groups excluding carboxylic acids is 1. The van der Waals surface area contributed by atoms with Crippen molar-refractivity contribution >= 4 is 22.8 Å². The highest BCUT2D eigenvalue weighted by atomic mass is 19.4. The second-order valence-electron chi connectivity index (χ2n) is 11.5. The fourth-order valence-electron chi connectivity index (χ4n) is 5.97. The molecule has 0 aliphatic carbocycles. The molecule has 6 rings (SSSR count). The van der Waals surface area contributed by atoms with Crippen LogP contribution in [0.1, 0.15) is 47.8 Å². The van der Waals surface area contributed by atoms with E-state index < -0.39 is 17.8 Å². The molecule has 0 radical (unpaired) electrons. The van der Waals surface area contributed by atoms with Crippen LogP contribution in [0.5, 0.6) is 11.6 Å². The van der Waals surface area contributed by atoms with Crippen molar-refractivity contribution < 1.29 is 22.7 Å². The summed E-state index contributed by atoms with van der Waals surface area (Å²) in [4.78, 5) is 35.5. The summed E-state index contributed by atoms with van der Waals surface area (Å²) in [7, 11) is 0. The lowest BCUT2D eigenvalue weighted by atomic mass is 9.96. The molecule has 1 fully saturated rings. The van der Waals surface area contributed by atoms with Crippen LogP contribution in [0, 0.1) is 6.92 Å². The Balaban J connectivity index is 1.16. The summed E-state index contributed by atoms with van der Waals surface area (Å²) in [5.74, 6) is 0.753. The first kappa shape index (κ1) is 29.8. The largest absolute Gasteiger partial charge is 0.437 e. The maximum absolute atomic E-state index is 14.1. The number of likely N-dealkylation sites (N-methyl/N-ethyl adjacent to an activating group) is 1.